The van der Waals surface area contributed by atoms with Crippen LogP contribution in [0.4, 0.5) is 11.6 Å². The molecule has 3 aliphatic rings. The number of anilines is 2. The molecule has 11 heteroatoms. The first-order valence-corrected chi connectivity index (χ1v) is 15.0. The number of hydrogen-bond acceptors (Lipinski definition) is 9. The van der Waals surface area contributed by atoms with Crippen molar-refractivity contribution in [3.8, 4) is 5.75 Å². The van der Waals surface area contributed by atoms with E-state index in [4.69, 9.17) is 14.5 Å². The van der Waals surface area contributed by atoms with Crippen molar-refractivity contribution in [1.82, 2.24) is 20.3 Å². The third kappa shape index (κ3) is 4.75. The summed E-state index contributed by atoms with van der Waals surface area (Å²) in [5.41, 5.74) is 2.74. The predicted octanol–water partition coefficient (Wildman–Crippen LogP) is 3.67. The van der Waals surface area contributed by atoms with Gasteiger partial charge < -0.3 is 19.7 Å². The fourth-order valence-electron chi connectivity index (χ4n) is 5.13. The van der Waals surface area contributed by atoms with Gasteiger partial charge in [0.1, 0.15) is 12.4 Å². The van der Waals surface area contributed by atoms with E-state index < -0.39 is 9.84 Å². The number of rotatable bonds is 5. The number of fused-ring (bicyclic) bond motifs is 3. The number of amides is 1. The molecule has 1 aromatic carbocycles. The van der Waals surface area contributed by atoms with E-state index in [2.05, 4.69) is 26.3 Å². The molecule has 204 valence electrons. The summed E-state index contributed by atoms with van der Waals surface area (Å²) in [4.78, 5) is 29.0. The Balaban J connectivity index is 1.10. The van der Waals surface area contributed by atoms with Gasteiger partial charge in [-0.15, -0.1) is 0 Å². The van der Waals surface area contributed by atoms with Gasteiger partial charge in [0, 0.05) is 29.5 Å². The average Bonchev–Trinajstić information content (AvgIpc) is 3.84. The molecule has 1 fully saturated rings. The molecule has 1 aliphatic carbocycles. The maximum atomic E-state index is 12.9. The monoisotopic (exact) mass is 557 g/mol. The number of benzene rings is 1. The molecule has 7 rings (SSSR count). The predicted molar refractivity (Wildman–Crippen MR) is 148 cm³/mol. The van der Waals surface area contributed by atoms with Crippen LogP contribution in [0.5, 0.6) is 5.75 Å². The Kier molecular flexibility index (Phi) is 6.12. The van der Waals surface area contributed by atoms with Gasteiger partial charge in [-0.25, -0.2) is 18.4 Å². The summed E-state index contributed by atoms with van der Waals surface area (Å²) >= 11 is 0. The Hall–Kier alpha value is -4.09. The summed E-state index contributed by atoms with van der Waals surface area (Å²) in [7, 11) is -3.50. The Morgan fingerprint density at radius 2 is 1.88 bits per heavy atom. The Bertz CT molecular complexity index is 1760. The lowest BCUT2D eigenvalue weighted by molar-refractivity contribution is 0.0950. The summed E-state index contributed by atoms with van der Waals surface area (Å²) in [6, 6.07) is 10.7. The number of pyridine rings is 3. The zero-order valence-corrected chi connectivity index (χ0v) is 22.5. The third-order valence-corrected chi connectivity index (χ3v) is 9.26. The van der Waals surface area contributed by atoms with Gasteiger partial charge >= 0.3 is 0 Å². The number of carbonyl (C=O) groups is 1. The molecular formula is C29H27N5O5S. The maximum absolute atomic E-state index is 12.9. The molecule has 1 saturated carbocycles. The van der Waals surface area contributed by atoms with Gasteiger partial charge in [-0.2, -0.15) is 0 Å². The Labute approximate surface area is 231 Å². The van der Waals surface area contributed by atoms with Crippen LogP contribution in [-0.2, 0) is 27.7 Å². The molecule has 0 atom stereocenters. The smallest absolute Gasteiger partial charge is 0.251 e. The molecule has 0 bridgehead atoms. The molecule has 5 heterocycles. The van der Waals surface area contributed by atoms with Gasteiger partial charge in [-0.1, -0.05) is 6.07 Å². The SMILES string of the molecule is O=C(NCc1cc2cc(N3CCOc4cc(C5CC5)cnc43)ncc2cn1)c1ccc2c(c1)S(=O)(=O)CCOC2. The number of aromatic nitrogens is 3. The van der Waals surface area contributed by atoms with Crippen molar-refractivity contribution in [2.24, 2.45) is 0 Å². The molecule has 40 heavy (non-hydrogen) atoms. The molecule has 2 aliphatic heterocycles. The number of nitrogens with one attached hydrogen (secondary N) is 1. The summed E-state index contributed by atoms with van der Waals surface area (Å²) in [6.07, 6.45) is 7.87. The van der Waals surface area contributed by atoms with Crippen molar-refractivity contribution in [2.45, 2.75) is 36.8 Å². The van der Waals surface area contributed by atoms with Gasteiger partial charge in [-0.05, 0) is 65.6 Å². The van der Waals surface area contributed by atoms with E-state index in [9.17, 15) is 13.2 Å². The number of ether oxygens (including phenoxy) is 2. The van der Waals surface area contributed by atoms with E-state index in [1.807, 2.05) is 18.3 Å². The summed E-state index contributed by atoms with van der Waals surface area (Å²) in [6.45, 7) is 1.72. The topological polar surface area (TPSA) is 124 Å². The van der Waals surface area contributed by atoms with Crippen LogP contribution in [0.3, 0.4) is 0 Å². The van der Waals surface area contributed by atoms with Crippen molar-refractivity contribution in [3.63, 3.8) is 0 Å². The van der Waals surface area contributed by atoms with Gasteiger partial charge in [0.15, 0.2) is 21.4 Å². The van der Waals surface area contributed by atoms with Crippen molar-refractivity contribution < 1.29 is 22.7 Å². The largest absolute Gasteiger partial charge is 0.488 e. The van der Waals surface area contributed by atoms with Gasteiger partial charge in [-0.3, -0.25) is 9.78 Å². The van der Waals surface area contributed by atoms with Crippen LogP contribution in [-0.4, -0.2) is 54.8 Å². The lowest BCUT2D eigenvalue weighted by atomic mass is 10.1. The van der Waals surface area contributed by atoms with E-state index in [0.717, 1.165) is 28.2 Å². The fourth-order valence-corrected chi connectivity index (χ4v) is 6.52. The van der Waals surface area contributed by atoms with Crippen LogP contribution in [0, 0.1) is 0 Å². The quantitative estimate of drug-likeness (QED) is 0.391. The first kappa shape index (κ1) is 24.9. The molecule has 10 nitrogen and oxygen atoms in total. The van der Waals surface area contributed by atoms with Crippen LogP contribution in [0.15, 0.2) is 59.9 Å². The normalized spacial score (nSPS) is 17.9. The number of hydrogen-bond donors (Lipinski definition) is 1. The van der Waals surface area contributed by atoms with Gasteiger partial charge in [0.25, 0.3) is 5.91 Å². The molecule has 0 unspecified atom stereocenters. The third-order valence-electron chi connectivity index (χ3n) is 7.50. The zero-order chi connectivity index (χ0) is 27.3. The first-order valence-electron chi connectivity index (χ1n) is 13.3. The molecule has 0 radical (unpaired) electrons. The van der Waals surface area contributed by atoms with Gasteiger partial charge in [0.2, 0.25) is 0 Å². The van der Waals surface area contributed by atoms with E-state index in [1.54, 1.807) is 24.5 Å². The van der Waals surface area contributed by atoms with Crippen molar-refractivity contribution in [3.05, 3.63) is 77.4 Å². The second-order valence-corrected chi connectivity index (χ2v) is 12.4. The molecule has 1 N–H and O–H groups in total. The van der Waals surface area contributed by atoms with Crippen molar-refractivity contribution >= 4 is 38.2 Å². The van der Waals surface area contributed by atoms with Crippen LogP contribution >= 0.6 is 0 Å². The Morgan fingerprint density at radius 1 is 1.00 bits per heavy atom. The highest BCUT2D eigenvalue weighted by atomic mass is 32.2. The lowest BCUT2D eigenvalue weighted by Crippen LogP contribution is -2.30. The highest BCUT2D eigenvalue weighted by Crippen LogP contribution is 2.43. The van der Waals surface area contributed by atoms with Crippen LogP contribution < -0.4 is 15.0 Å². The molecule has 3 aromatic heterocycles. The summed E-state index contributed by atoms with van der Waals surface area (Å²) < 4.78 is 36.5. The highest BCUT2D eigenvalue weighted by Gasteiger charge is 2.28. The second-order valence-electron chi connectivity index (χ2n) is 10.3. The lowest BCUT2D eigenvalue weighted by Gasteiger charge is -2.29. The van der Waals surface area contributed by atoms with E-state index in [0.29, 0.717) is 30.3 Å². The number of nitrogens with zero attached hydrogens (tertiary/aromatic N) is 4. The second kappa shape index (κ2) is 9.83. The van der Waals surface area contributed by atoms with Gasteiger partial charge in [0.05, 0.1) is 42.6 Å². The molecule has 1 amide bonds. The molecule has 4 aromatic rings. The maximum Gasteiger partial charge on any atom is 0.251 e. The minimum absolute atomic E-state index is 0.101. The van der Waals surface area contributed by atoms with E-state index in [-0.39, 0.29) is 41.9 Å². The molecule has 0 saturated heterocycles. The molecule has 0 spiro atoms. The Morgan fingerprint density at radius 3 is 2.75 bits per heavy atom. The highest BCUT2D eigenvalue weighted by molar-refractivity contribution is 7.91. The van der Waals surface area contributed by atoms with Crippen molar-refractivity contribution in [2.75, 3.05) is 30.4 Å². The average molecular weight is 558 g/mol. The van der Waals surface area contributed by atoms with Crippen molar-refractivity contribution in [1.29, 1.82) is 0 Å². The number of sulfone groups is 1. The summed E-state index contributed by atoms with van der Waals surface area (Å²) in [5, 5.41) is 4.67. The first-order chi connectivity index (χ1) is 19.4. The fraction of sp³-hybridized carbons (Fsp3) is 0.310. The minimum Gasteiger partial charge on any atom is -0.488 e. The number of carbonyl (C=O) groups excluding carboxylic acids is 1. The van der Waals surface area contributed by atoms with Crippen LogP contribution in [0.25, 0.3) is 10.8 Å². The zero-order valence-electron chi connectivity index (χ0n) is 21.7. The minimum atomic E-state index is -3.50. The van der Waals surface area contributed by atoms with E-state index in [1.165, 1.54) is 24.5 Å². The van der Waals surface area contributed by atoms with Crippen LogP contribution in [0.1, 0.15) is 45.9 Å². The van der Waals surface area contributed by atoms with Crippen LogP contribution in [0.2, 0.25) is 0 Å². The standard InChI is InChI=1S/C29H27N5O5S/c35-29(19-3-4-20-17-38-7-8-40(36,37)26(20)11-19)33-16-24-9-21-12-27(31-15-23(21)14-30-24)34-5-6-39-25-10-22(18-1-2-18)13-32-28(25)34/h3-4,9-15,18H,1-2,5-8,16-17H2,(H,33,35). The molecular weight excluding hydrogens is 530 g/mol. The van der Waals surface area contributed by atoms with E-state index >= 15 is 0 Å². The summed E-state index contributed by atoms with van der Waals surface area (Å²) in [5.74, 6) is 2.44.